The lowest BCUT2D eigenvalue weighted by Gasteiger charge is -2.14. The van der Waals surface area contributed by atoms with Gasteiger partial charge in [0.1, 0.15) is 5.71 Å². The summed E-state index contributed by atoms with van der Waals surface area (Å²) in [6.45, 7) is 0. The highest BCUT2D eigenvalue weighted by Gasteiger charge is 2.23. The first-order valence-corrected chi connectivity index (χ1v) is 7.83. The second-order valence-corrected chi connectivity index (χ2v) is 5.83. The van der Waals surface area contributed by atoms with Gasteiger partial charge in [-0.05, 0) is 35.9 Å². The zero-order chi connectivity index (χ0) is 16.4. The molecular formula is C16H13N3O3S. The number of Topliss-reactive ketones (excluding diaryl/α,β-unsaturated/α-hetero) is 1. The summed E-state index contributed by atoms with van der Waals surface area (Å²) >= 11 is -2.15. The Balaban J connectivity index is 1.94. The van der Waals surface area contributed by atoms with E-state index >= 15 is 0 Å². The van der Waals surface area contributed by atoms with Gasteiger partial charge in [-0.25, -0.2) is 4.21 Å². The van der Waals surface area contributed by atoms with Crippen LogP contribution < -0.4 is 11.2 Å². The molecule has 0 saturated heterocycles. The lowest BCUT2D eigenvalue weighted by molar-refractivity contribution is 0.106. The van der Waals surface area contributed by atoms with Crippen LogP contribution in [-0.2, 0) is 11.1 Å². The summed E-state index contributed by atoms with van der Waals surface area (Å²) < 4.78 is 20.3. The highest BCUT2D eigenvalue weighted by atomic mass is 32.2. The summed E-state index contributed by atoms with van der Waals surface area (Å²) in [5, 5.41) is 4.10. The quantitative estimate of drug-likeness (QED) is 0.456. The number of nitrogen functional groups attached to an aromatic ring is 1. The van der Waals surface area contributed by atoms with Gasteiger partial charge < -0.3 is 10.3 Å². The van der Waals surface area contributed by atoms with E-state index in [1.165, 1.54) is 12.1 Å². The highest BCUT2D eigenvalue weighted by Crippen LogP contribution is 2.27. The summed E-state index contributed by atoms with van der Waals surface area (Å²) in [4.78, 5) is 12.7. The number of hydrogen-bond donors (Lipinski definition) is 3. The number of anilines is 2. The maximum absolute atomic E-state index is 12.5. The van der Waals surface area contributed by atoms with Crippen molar-refractivity contribution >= 4 is 40.0 Å². The molecule has 116 valence electrons. The Labute approximate surface area is 135 Å². The summed E-state index contributed by atoms with van der Waals surface area (Å²) in [5.74, 6) is -0.335. The molecule has 0 saturated carbocycles. The Kier molecular flexibility index (Phi) is 4.05. The molecule has 1 aliphatic rings. The number of nitrogens with one attached hydrogen (secondary N) is 1. The number of nitrogens with zero attached hydrogens (tertiary/aromatic N) is 1. The summed E-state index contributed by atoms with van der Waals surface area (Å²) in [5.41, 5.74) is 10.6. The van der Waals surface area contributed by atoms with Crippen molar-refractivity contribution < 1.29 is 13.6 Å². The topological polar surface area (TPSA) is 105 Å². The van der Waals surface area contributed by atoms with Crippen LogP contribution in [0.3, 0.4) is 0 Å². The third-order valence-electron chi connectivity index (χ3n) is 3.33. The maximum Gasteiger partial charge on any atom is 0.215 e. The van der Waals surface area contributed by atoms with E-state index in [2.05, 4.69) is 10.5 Å². The standard InChI is InChI=1S/C16H13N3O3S/c17-13-9-12(23(21)22)8-10-6-7-14(16(20)15(10)13)19-18-11-4-2-1-3-5-11/h1-9,18H,17H2,(H,21,22)/b19-14-. The van der Waals surface area contributed by atoms with Crippen LogP contribution in [0, 0.1) is 0 Å². The van der Waals surface area contributed by atoms with E-state index in [9.17, 15) is 9.00 Å². The predicted octanol–water partition coefficient (Wildman–Crippen LogP) is 2.53. The Morgan fingerprint density at radius 2 is 1.87 bits per heavy atom. The van der Waals surface area contributed by atoms with Crippen LogP contribution in [0.5, 0.6) is 0 Å². The minimum atomic E-state index is -2.15. The SMILES string of the molecule is Nc1cc(S(=O)O)cc2c1C(=O)/C(=N\Nc1ccccc1)C=C2. The van der Waals surface area contributed by atoms with Crippen LogP contribution in [0.1, 0.15) is 15.9 Å². The summed E-state index contributed by atoms with van der Waals surface area (Å²) in [6, 6.07) is 12.0. The van der Waals surface area contributed by atoms with Crippen LogP contribution in [-0.4, -0.2) is 20.3 Å². The largest absolute Gasteiger partial charge is 0.398 e. The molecule has 1 aliphatic carbocycles. The minimum absolute atomic E-state index is 0.154. The van der Waals surface area contributed by atoms with E-state index in [-0.39, 0.29) is 27.6 Å². The molecule has 3 rings (SSSR count). The van der Waals surface area contributed by atoms with Crippen molar-refractivity contribution in [2.45, 2.75) is 4.90 Å². The predicted molar refractivity (Wildman–Crippen MR) is 90.8 cm³/mol. The molecule has 0 bridgehead atoms. The molecule has 0 aromatic heterocycles. The molecule has 0 radical (unpaired) electrons. The van der Waals surface area contributed by atoms with Gasteiger partial charge in [-0.2, -0.15) is 5.10 Å². The molecule has 6 nitrogen and oxygen atoms in total. The molecule has 0 heterocycles. The van der Waals surface area contributed by atoms with Crippen LogP contribution >= 0.6 is 0 Å². The van der Waals surface area contributed by atoms with E-state index in [0.29, 0.717) is 5.56 Å². The van der Waals surface area contributed by atoms with Crippen LogP contribution in [0.25, 0.3) is 6.08 Å². The molecular weight excluding hydrogens is 314 g/mol. The number of rotatable bonds is 3. The van der Waals surface area contributed by atoms with Crippen molar-refractivity contribution in [2.75, 3.05) is 11.2 Å². The number of carbonyl (C=O) groups is 1. The average Bonchev–Trinajstić information content (AvgIpc) is 2.54. The fraction of sp³-hybridized carbons (Fsp3) is 0. The molecule has 7 heteroatoms. The first kappa shape index (κ1) is 15.1. The molecule has 0 amide bonds. The minimum Gasteiger partial charge on any atom is -0.398 e. The lowest BCUT2D eigenvalue weighted by atomic mass is 9.93. The fourth-order valence-corrected chi connectivity index (χ4v) is 2.71. The summed E-state index contributed by atoms with van der Waals surface area (Å²) in [6.07, 6.45) is 3.19. The lowest BCUT2D eigenvalue weighted by Crippen LogP contribution is -2.20. The van der Waals surface area contributed by atoms with E-state index in [1.54, 1.807) is 12.2 Å². The van der Waals surface area contributed by atoms with Gasteiger partial charge in [0, 0.05) is 5.69 Å². The average molecular weight is 327 g/mol. The number of carbonyl (C=O) groups excluding carboxylic acids is 1. The Hall–Kier alpha value is -2.77. The van der Waals surface area contributed by atoms with E-state index in [1.807, 2.05) is 30.3 Å². The van der Waals surface area contributed by atoms with Crippen molar-refractivity contribution in [1.82, 2.24) is 0 Å². The first-order valence-electron chi connectivity index (χ1n) is 6.72. The fourth-order valence-electron chi connectivity index (χ4n) is 2.25. The zero-order valence-corrected chi connectivity index (χ0v) is 12.7. The molecule has 0 aliphatic heterocycles. The summed E-state index contributed by atoms with van der Waals surface area (Å²) in [7, 11) is 0. The van der Waals surface area contributed by atoms with Crippen molar-refractivity contribution in [3.63, 3.8) is 0 Å². The van der Waals surface area contributed by atoms with Crippen molar-refractivity contribution in [1.29, 1.82) is 0 Å². The van der Waals surface area contributed by atoms with Gasteiger partial charge in [0.2, 0.25) is 5.78 Å². The van der Waals surface area contributed by atoms with Crippen LogP contribution in [0.15, 0.2) is 58.5 Å². The Morgan fingerprint density at radius 1 is 1.13 bits per heavy atom. The zero-order valence-electron chi connectivity index (χ0n) is 11.9. The third kappa shape index (κ3) is 3.05. The molecule has 4 N–H and O–H groups in total. The number of hydrogen-bond acceptors (Lipinski definition) is 5. The van der Waals surface area contributed by atoms with Crippen LogP contribution in [0.2, 0.25) is 0 Å². The van der Waals surface area contributed by atoms with Crippen molar-refractivity contribution in [2.24, 2.45) is 5.10 Å². The van der Waals surface area contributed by atoms with Gasteiger partial charge in [0.15, 0.2) is 11.1 Å². The van der Waals surface area contributed by atoms with Gasteiger partial charge in [-0.1, -0.05) is 24.3 Å². The molecule has 2 aromatic carbocycles. The number of nitrogens with two attached hydrogens (primary N) is 1. The highest BCUT2D eigenvalue weighted by molar-refractivity contribution is 7.79. The van der Waals surface area contributed by atoms with Gasteiger partial charge in [-0.3, -0.25) is 10.2 Å². The van der Waals surface area contributed by atoms with Crippen LogP contribution in [0.4, 0.5) is 11.4 Å². The number of hydrazone groups is 1. The number of para-hydroxylation sites is 1. The van der Waals surface area contributed by atoms with E-state index < -0.39 is 11.1 Å². The second kappa shape index (κ2) is 6.15. The molecule has 1 atom stereocenters. The smallest absolute Gasteiger partial charge is 0.215 e. The van der Waals surface area contributed by atoms with E-state index in [0.717, 1.165) is 5.69 Å². The molecule has 2 aromatic rings. The number of allylic oxidation sites excluding steroid dienone is 1. The normalized spacial score (nSPS) is 16.2. The molecule has 23 heavy (non-hydrogen) atoms. The van der Waals surface area contributed by atoms with Gasteiger partial charge in [0.05, 0.1) is 16.1 Å². The van der Waals surface area contributed by atoms with Gasteiger partial charge in [0.25, 0.3) is 0 Å². The van der Waals surface area contributed by atoms with Gasteiger partial charge >= 0.3 is 0 Å². The molecule has 0 fully saturated rings. The number of fused-ring (bicyclic) bond motifs is 1. The molecule has 0 spiro atoms. The Morgan fingerprint density at radius 3 is 2.57 bits per heavy atom. The second-order valence-electron chi connectivity index (χ2n) is 4.86. The number of ketones is 1. The van der Waals surface area contributed by atoms with Crippen molar-refractivity contribution in [3.05, 3.63) is 59.7 Å². The van der Waals surface area contributed by atoms with E-state index in [4.69, 9.17) is 10.3 Å². The first-order chi connectivity index (χ1) is 11.1. The van der Waals surface area contributed by atoms with Gasteiger partial charge in [-0.15, -0.1) is 0 Å². The van der Waals surface area contributed by atoms with Crippen molar-refractivity contribution in [3.8, 4) is 0 Å². The maximum atomic E-state index is 12.5. The monoisotopic (exact) mass is 327 g/mol. The molecule has 1 unspecified atom stereocenters. The number of benzene rings is 2. The Bertz CT molecular complexity index is 860. The third-order valence-corrected chi connectivity index (χ3v) is 3.97.